The van der Waals surface area contributed by atoms with E-state index in [0.717, 1.165) is 0 Å². The van der Waals surface area contributed by atoms with E-state index < -0.39 is 11.5 Å². The molecule has 2 heterocycles. The Kier molecular flexibility index (Phi) is 2.80. The summed E-state index contributed by atoms with van der Waals surface area (Å²) in [6, 6.07) is 13.6. The van der Waals surface area contributed by atoms with Crippen LogP contribution in [0.3, 0.4) is 0 Å². The smallest absolute Gasteiger partial charge is 0.341 e. The van der Waals surface area contributed by atoms with Crippen molar-refractivity contribution in [1.29, 1.82) is 0 Å². The number of aromatic carboxylic acids is 1. The Bertz CT molecular complexity index is 854. The lowest BCUT2D eigenvalue weighted by Gasteiger charge is -2.10. The van der Waals surface area contributed by atoms with Gasteiger partial charge in [0, 0.05) is 11.6 Å². The molecule has 20 heavy (non-hydrogen) atoms. The summed E-state index contributed by atoms with van der Waals surface area (Å²) in [6.45, 7) is 0. The maximum absolute atomic E-state index is 12.4. The number of fused-ring (bicyclic) bond motifs is 1. The number of carboxylic acid groups (broad SMARTS) is 1. The van der Waals surface area contributed by atoms with Crippen LogP contribution in [0.4, 0.5) is 0 Å². The largest absolute Gasteiger partial charge is 0.477 e. The van der Waals surface area contributed by atoms with Crippen molar-refractivity contribution in [3.63, 3.8) is 0 Å². The molecule has 0 bridgehead atoms. The van der Waals surface area contributed by atoms with Crippen LogP contribution in [-0.4, -0.2) is 20.6 Å². The van der Waals surface area contributed by atoms with Gasteiger partial charge >= 0.3 is 5.97 Å². The lowest BCUT2D eigenvalue weighted by molar-refractivity contribution is 0.0695. The molecule has 0 saturated heterocycles. The summed E-state index contributed by atoms with van der Waals surface area (Å²) in [5, 5.41) is 9.77. The number of carbonyl (C=O) groups is 1. The summed E-state index contributed by atoms with van der Waals surface area (Å²) in [7, 11) is 0. The highest BCUT2D eigenvalue weighted by Gasteiger charge is 2.16. The SMILES string of the molecule is O=C(O)c1cc2cccnc2n(-c2ccccc2)c1=O. The second kappa shape index (κ2) is 4.62. The highest BCUT2D eigenvalue weighted by Crippen LogP contribution is 2.15. The summed E-state index contributed by atoms with van der Waals surface area (Å²) >= 11 is 0. The molecular weight excluding hydrogens is 256 g/mol. The minimum Gasteiger partial charge on any atom is -0.477 e. The molecule has 0 aliphatic carbocycles. The molecule has 5 heteroatoms. The number of hydrogen-bond donors (Lipinski definition) is 1. The first-order chi connectivity index (χ1) is 9.68. The summed E-state index contributed by atoms with van der Waals surface area (Å²) in [5.74, 6) is -1.24. The molecule has 5 nitrogen and oxygen atoms in total. The standard InChI is InChI=1S/C15H10N2O3/c18-14-12(15(19)20)9-10-5-4-8-16-13(10)17(14)11-6-2-1-3-7-11/h1-9H,(H,19,20). The summed E-state index contributed by atoms with van der Waals surface area (Å²) in [6.07, 6.45) is 1.57. The Morgan fingerprint density at radius 3 is 2.55 bits per heavy atom. The summed E-state index contributed by atoms with van der Waals surface area (Å²) < 4.78 is 1.32. The van der Waals surface area contributed by atoms with E-state index in [1.54, 1.807) is 42.6 Å². The number of hydrogen-bond acceptors (Lipinski definition) is 3. The molecule has 98 valence electrons. The zero-order valence-electron chi connectivity index (χ0n) is 10.4. The normalized spacial score (nSPS) is 10.6. The number of para-hydroxylation sites is 1. The Morgan fingerprint density at radius 2 is 1.85 bits per heavy atom. The van der Waals surface area contributed by atoms with E-state index >= 15 is 0 Å². The second-order valence-electron chi connectivity index (χ2n) is 4.26. The van der Waals surface area contributed by atoms with Crippen LogP contribution in [0.15, 0.2) is 59.5 Å². The maximum atomic E-state index is 12.4. The van der Waals surface area contributed by atoms with Gasteiger partial charge in [0.15, 0.2) is 0 Å². The molecule has 0 amide bonds. The van der Waals surface area contributed by atoms with Gasteiger partial charge in [0.2, 0.25) is 0 Å². The second-order valence-corrected chi connectivity index (χ2v) is 4.26. The van der Waals surface area contributed by atoms with Crippen LogP contribution in [0, 0.1) is 0 Å². The Hall–Kier alpha value is -2.95. The van der Waals surface area contributed by atoms with E-state index in [1.807, 2.05) is 6.07 Å². The zero-order valence-corrected chi connectivity index (χ0v) is 10.4. The Balaban J connectivity index is 2.48. The van der Waals surface area contributed by atoms with E-state index in [9.17, 15) is 9.59 Å². The van der Waals surface area contributed by atoms with Crippen LogP contribution in [0.25, 0.3) is 16.7 Å². The van der Waals surface area contributed by atoms with Gasteiger partial charge in [-0.25, -0.2) is 9.78 Å². The van der Waals surface area contributed by atoms with Crippen molar-refractivity contribution in [2.75, 3.05) is 0 Å². The summed E-state index contributed by atoms with van der Waals surface area (Å²) in [5.41, 5.74) is 0.169. The van der Waals surface area contributed by atoms with Crippen LogP contribution < -0.4 is 5.56 Å². The fraction of sp³-hybridized carbons (Fsp3) is 0. The highest BCUT2D eigenvalue weighted by molar-refractivity contribution is 5.92. The number of carboxylic acids is 1. The van der Waals surface area contributed by atoms with Crippen molar-refractivity contribution < 1.29 is 9.90 Å². The van der Waals surface area contributed by atoms with Gasteiger partial charge in [-0.05, 0) is 30.3 Å². The Labute approximate surface area is 113 Å². The van der Waals surface area contributed by atoms with E-state index in [2.05, 4.69) is 4.98 Å². The molecule has 1 N–H and O–H groups in total. The average molecular weight is 266 g/mol. The average Bonchev–Trinajstić information content (AvgIpc) is 2.47. The number of aromatic nitrogens is 2. The minimum atomic E-state index is -1.24. The van der Waals surface area contributed by atoms with E-state index in [4.69, 9.17) is 5.11 Å². The molecule has 1 aromatic carbocycles. The van der Waals surface area contributed by atoms with Gasteiger partial charge in [-0.15, -0.1) is 0 Å². The van der Waals surface area contributed by atoms with Gasteiger partial charge < -0.3 is 5.11 Å². The minimum absolute atomic E-state index is 0.269. The van der Waals surface area contributed by atoms with Crippen molar-refractivity contribution in [2.45, 2.75) is 0 Å². The molecular formula is C15H10N2O3. The number of nitrogens with zero attached hydrogens (tertiary/aromatic N) is 2. The first kappa shape index (κ1) is 12.1. The van der Waals surface area contributed by atoms with Crippen molar-refractivity contribution in [3.05, 3.63) is 70.6 Å². The molecule has 0 atom stereocenters. The van der Waals surface area contributed by atoms with Crippen molar-refractivity contribution >= 4 is 17.0 Å². The highest BCUT2D eigenvalue weighted by atomic mass is 16.4. The molecule has 2 aromatic heterocycles. The van der Waals surface area contributed by atoms with Crippen LogP contribution >= 0.6 is 0 Å². The fourth-order valence-corrected chi connectivity index (χ4v) is 2.11. The van der Waals surface area contributed by atoms with Gasteiger partial charge in [0.1, 0.15) is 11.2 Å². The fourth-order valence-electron chi connectivity index (χ4n) is 2.11. The van der Waals surface area contributed by atoms with Gasteiger partial charge in [-0.2, -0.15) is 0 Å². The van der Waals surface area contributed by atoms with Gasteiger partial charge in [-0.3, -0.25) is 9.36 Å². The van der Waals surface area contributed by atoms with Gasteiger partial charge in [0.05, 0.1) is 5.69 Å². The molecule has 3 aromatic rings. The number of rotatable bonds is 2. The third-order valence-corrected chi connectivity index (χ3v) is 3.01. The van der Waals surface area contributed by atoms with Crippen LogP contribution in [0.5, 0.6) is 0 Å². The topological polar surface area (TPSA) is 72.2 Å². The van der Waals surface area contributed by atoms with Crippen molar-refractivity contribution in [1.82, 2.24) is 9.55 Å². The predicted octanol–water partition coefficient (Wildman–Crippen LogP) is 2.08. The van der Waals surface area contributed by atoms with Crippen molar-refractivity contribution in [3.8, 4) is 5.69 Å². The predicted molar refractivity (Wildman–Crippen MR) is 74.3 cm³/mol. The van der Waals surface area contributed by atoms with E-state index in [0.29, 0.717) is 16.7 Å². The third-order valence-electron chi connectivity index (χ3n) is 3.01. The molecule has 0 aliphatic heterocycles. The van der Waals surface area contributed by atoms with Gasteiger partial charge in [0.25, 0.3) is 5.56 Å². The number of pyridine rings is 2. The Morgan fingerprint density at radius 1 is 1.10 bits per heavy atom. The maximum Gasteiger partial charge on any atom is 0.341 e. The van der Waals surface area contributed by atoms with Crippen LogP contribution in [0.2, 0.25) is 0 Å². The van der Waals surface area contributed by atoms with Crippen molar-refractivity contribution in [2.24, 2.45) is 0 Å². The first-order valence-electron chi connectivity index (χ1n) is 5.98. The monoisotopic (exact) mass is 266 g/mol. The lowest BCUT2D eigenvalue weighted by Crippen LogP contribution is -2.25. The zero-order chi connectivity index (χ0) is 14.1. The molecule has 0 aliphatic rings. The van der Waals surface area contributed by atoms with Crippen LogP contribution in [-0.2, 0) is 0 Å². The molecule has 0 spiro atoms. The quantitative estimate of drug-likeness (QED) is 0.770. The molecule has 0 fully saturated rings. The molecule has 0 saturated carbocycles. The molecule has 0 radical (unpaired) electrons. The van der Waals surface area contributed by atoms with E-state index in [-0.39, 0.29) is 5.56 Å². The van der Waals surface area contributed by atoms with Crippen LogP contribution in [0.1, 0.15) is 10.4 Å². The molecule has 0 unspecified atom stereocenters. The summed E-state index contributed by atoms with van der Waals surface area (Å²) in [4.78, 5) is 27.8. The number of benzene rings is 1. The third kappa shape index (κ3) is 1.85. The lowest BCUT2D eigenvalue weighted by atomic mass is 10.2. The molecule has 3 rings (SSSR count). The van der Waals surface area contributed by atoms with E-state index in [1.165, 1.54) is 10.6 Å². The first-order valence-corrected chi connectivity index (χ1v) is 5.98. The van der Waals surface area contributed by atoms with Gasteiger partial charge in [-0.1, -0.05) is 18.2 Å².